The van der Waals surface area contributed by atoms with Crippen LogP contribution in [0.2, 0.25) is 0 Å². The van der Waals surface area contributed by atoms with Gasteiger partial charge in [-0.15, -0.1) is 70.8 Å². The van der Waals surface area contributed by atoms with Crippen molar-refractivity contribution in [2.45, 2.75) is 13.1 Å². The maximum Gasteiger partial charge on any atom is 4.00 e. The minimum Gasteiger partial charge on any atom is -0.379 e. The van der Waals surface area contributed by atoms with Crippen LogP contribution in [0.4, 0.5) is 11.4 Å². The van der Waals surface area contributed by atoms with Crippen LogP contribution in [0, 0.1) is 12.1 Å². The molecule has 0 N–H and O–H groups in total. The average molecular weight is 784 g/mol. The number of nitrogens with zero attached hydrogens (tertiary/aromatic N) is 2. The number of benzene rings is 8. The first-order chi connectivity index (χ1) is 22.6. The van der Waals surface area contributed by atoms with Crippen molar-refractivity contribution in [1.29, 1.82) is 0 Å². The van der Waals surface area contributed by atoms with Gasteiger partial charge in [-0.2, -0.15) is 0 Å². The first-order valence-electron chi connectivity index (χ1n) is 16.0. The van der Waals surface area contributed by atoms with Crippen LogP contribution in [0.5, 0.6) is 0 Å². The zero-order valence-electron chi connectivity index (χ0n) is 26.3. The van der Waals surface area contributed by atoms with Gasteiger partial charge in [0.15, 0.2) is 0 Å². The number of hydrogen-bond acceptors (Lipinski definition) is 2. The van der Waals surface area contributed by atoms with Crippen LogP contribution in [0.1, 0.15) is 11.1 Å². The first-order valence-corrected chi connectivity index (χ1v) is 16.0. The Morgan fingerprint density at radius 2 is 0.830 bits per heavy atom. The smallest absolute Gasteiger partial charge is 0.379 e. The van der Waals surface area contributed by atoms with E-state index in [4.69, 9.17) is 0 Å². The van der Waals surface area contributed by atoms with Gasteiger partial charge in [-0.1, -0.05) is 83.9 Å². The number of hydrogen-bond donors (Lipinski definition) is 0. The van der Waals surface area contributed by atoms with E-state index in [1.807, 2.05) is 0 Å². The van der Waals surface area contributed by atoms with Crippen molar-refractivity contribution in [1.82, 2.24) is 0 Å². The topological polar surface area (TPSA) is 6.48 Å². The Bertz CT molecular complexity index is 2310. The van der Waals surface area contributed by atoms with Crippen LogP contribution in [-0.4, -0.2) is 14.1 Å². The molecule has 1 heterocycles. The molecule has 0 aromatic heterocycles. The van der Waals surface area contributed by atoms with Gasteiger partial charge in [0, 0.05) is 38.6 Å². The van der Waals surface area contributed by atoms with E-state index in [2.05, 4.69) is 169 Å². The third-order valence-electron chi connectivity index (χ3n) is 9.62. The summed E-state index contributed by atoms with van der Waals surface area (Å²) < 4.78 is 0. The van der Waals surface area contributed by atoms with Crippen LogP contribution in [-0.2, 0) is 34.2 Å². The molecule has 0 spiro atoms. The summed E-state index contributed by atoms with van der Waals surface area (Å²) >= 11 is 0. The van der Waals surface area contributed by atoms with Gasteiger partial charge in [0.25, 0.3) is 0 Å². The summed E-state index contributed by atoms with van der Waals surface area (Å²) in [7, 11) is 4.40. The molecule has 0 aliphatic carbocycles. The average Bonchev–Trinajstić information content (AvgIpc) is 3.08. The fraction of sp³-hybridized carbons (Fsp3) is 0.0909. The fourth-order valence-corrected chi connectivity index (χ4v) is 7.40. The third-order valence-corrected chi connectivity index (χ3v) is 9.62. The van der Waals surface area contributed by atoms with Crippen molar-refractivity contribution >= 4 is 54.5 Å². The van der Waals surface area contributed by atoms with Crippen LogP contribution in [0.25, 0.3) is 65.3 Å². The molecule has 0 saturated carbocycles. The summed E-state index contributed by atoms with van der Waals surface area (Å²) in [5.74, 6) is 0. The summed E-state index contributed by atoms with van der Waals surface area (Å²) in [6.07, 6.45) is 0. The molecule has 1 aliphatic heterocycles. The maximum absolute atomic E-state index is 3.87. The second-order valence-corrected chi connectivity index (χ2v) is 12.7. The Balaban J connectivity index is 0.00000324. The van der Waals surface area contributed by atoms with Gasteiger partial charge in [0.2, 0.25) is 0 Å². The predicted molar refractivity (Wildman–Crippen MR) is 196 cm³/mol. The van der Waals surface area contributed by atoms with E-state index in [1.165, 1.54) is 65.6 Å². The molecule has 9 rings (SSSR count). The molecular weight excluding hydrogens is 752 g/mol. The van der Waals surface area contributed by atoms with Crippen molar-refractivity contribution in [2.75, 3.05) is 23.9 Å². The van der Waals surface area contributed by atoms with Gasteiger partial charge >= 0.3 is 21.1 Å². The van der Waals surface area contributed by atoms with Gasteiger partial charge < -0.3 is 9.80 Å². The molecule has 0 unspecified atom stereocenters. The second-order valence-electron chi connectivity index (χ2n) is 12.7. The van der Waals surface area contributed by atoms with Crippen LogP contribution in [0.15, 0.2) is 133 Å². The minimum atomic E-state index is 0. The van der Waals surface area contributed by atoms with Crippen molar-refractivity contribution < 1.29 is 21.1 Å². The molecule has 0 saturated heterocycles. The van der Waals surface area contributed by atoms with Gasteiger partial charge in [-0.3, -0.25) is 0 Å². The molecule has 3 heteroatoms. The first kappa shape index (κ1) is 29.5. The quantitative estimate of drug-likeness (QED) is 0.112. The summed E-state index contributed by atoms with van der Waals surface area (Å²) in [5.41, 5.74) is 9.39. The molecule has 8 aromatic carbocycles. The Hall–Kier alpha value is -4.91. The normalized spacial score (nSPS) is 12.9. The molecule has 0 atom stereocenters. The second kappa shape index (κ2) is 11.7. The maximum atomic E-state index is 3.87. The van der Waals surface area contributed by atoms with E-state index in [0.717, 1.165) is 35.3 Å². The van der Waals surface area contributed by atoms with Crippen molar-refractivity contribution in [3.05, 3.63) is 157 Å². The van der Waals surface area contributed by atoms with E-state index < -0.39 is 0 Å². The molecular formula is C44H32N2Pt+2. The van der Waals surface area contributed by atoms with Crippen molar-refractivity contribution in [2.24, 2.45) is 0 Å². The molecule has 47 heavy (non-hydrogen) atoms. The molecule has 0 radical (unpaired) electrons. The Morgan fingerprint density at radius 1 is 0.426 bits per heavy atom. The van der Waals surface area contributed by atoms with E-state index in [0.29, 0.717) is 0 Å². The number of fused-ring (bicyclic) bond motifs is 14. The van der Waals surface area contributed by atoms with Gasteiger partial charge in [0.05, 0.1) is 0 Å². The van der Waals surface area contributed by atoms with E-state index >= 15 is 0 Å². The summed E-state index contributed by atoms with van der Waals surface area (Å²) in [6.45, 7) is 1.47. The van der Waals surface area contributed by atoms with Crippen molar-refractivity contribution in [3.63, 3.8) is 0 Å². The summed E-state index contributed by atoms with van der Waals surface area (Å²) in [6, 6.07) is 56.7. The standard InChI is InChI=1S/C44H32N2.Pt/c1-45-27-29-9-7-16-38(21-29)44-40-26-34-14-6-4-12-32(34)24-36(40)18-20-42(44)46(2)28-30-10-8-15-37(22-30)43-39-25-33-13-5-3-11-31(33)23-35(39)17-19-41(43)45;/h3-20,23-26H,27-28H2,1-2H3;/q-2;+4. The minimum absolute atomic E-state index is 0. The SMILES string of the molecule is CN1Cc2[c-]c(ccc2)-c2c(ccc3cc4ccccc4cc23)N(C)Cc2[c-]c(ccc2)-c2c1ccc1cc3ccccc3cc21.[Pt+4]. The van der Waals surface area contributed by atoms with Crippen molar-refractivity contribution in [3.8, 4) is 22.3 Å². The van der Waals surface area contributed by atoms with E-state index in [9.17, 15) is 0 Å². The van der Waals surface area contributed by atoms with E-state index in [1.54, 1.807) is 0 Å². The van der Waals surface area contributed by atoms with Gasteiger partial charge in [-0.25, -0.2) is 0 Å². The number of rotatable bonds is 0. The van der Waals surface area contributed by atoms with Crippen LogP contribution >= 0.6 is 0 Å². The number of anilines is 2. The molecule has 1 aliphatic rings. The predicted octanol–water partition coefficient (Wildman–Crippen LogP) is 10.8. The molecule has 8 aromatic rings. The van der Waals surface area contributed by atoms with Crippen LogP contribution < -0.4 is 9.80 Å². The zero-order valence-corrected chi connectivity index (χ0v) is 28.6. The zero-order chi connectivity index (χ0) is 30.8. The fourth-order valence-electron chi connectivity index (χ4n) is 7.40. The molecule has 0 fully saturated rings. The summed E-state index contributed by atoms with van der Waals surface area (Å²) in [4.78, 5) is 4.74. The van der Waals surface area contributed by atoms with E-state index in [-0.39, 0.29) is 21.1 Å². The molecule has 0 amide bonds. The molecule has 2 nitrogen and oxygen atoms in total. The largest absolute Gasteiger partial charge is 4.00 e. The molecule has 4 bridgehead atoms. The summed E-state index contributed by atoms with van der Waals surface area (Å²) in [5, 5.41) is 9.99. The molecule has 226 valence electrons. The van der Waals surface area contributed by atoms with Gasteiger partial charge in [-0.05, 0) is 67.4 Å². The third kappa shape index (κ3) is 5.09. The van der Waals surface area contributed by atoms with Gasteiger partial charge in [0.1, 0.15) is 0 Å². The van der Waals surface area contributed by atoms with Crippen LogP contribution in [0.3, 0.4) is 0 Å². The Morgan fingerprint density at radius 3 is 1.26 bits per heavy atom. The monoisotopic (exact) mass is 783 g/mol. The Labute approximate surface area is 290 Å². The Kier molecular flexibility index (Phi) is 7.35.